The minimum Gasteiger partial charge on any atom is -0.480 e. The molecular weight excluding hydrogens is 261 g/mol. The Morgan fingerprint density at radius 3 is 2.58 bits per heavy atom. The Kier molecular flexibility index (Phi) is 4.77. The average Bonchev–Trinajstić information content (AvgIpc) is 2.29. The Morgan fingerprint density at radius 2 is 2.11 bits per heavy atom. The molecule has 0 saturated carbocycles. The van der Waals surface area contributed by atoms with E-state index in [0.29, 0.717) is 12.1 Å². The lowest BCUT2D eigenvalue weighted by Gasteiger charge is -2.17. The van der Waals surface area contributed by atoms with E-state index in [9.17, 15) is 18.0 Å². The quantitative estimate of drug-likeness (QED) is 0.860. The molecule has 0 radical (unpaired) electrons. The first-order valence-electron chi connectivity index (χ1n) is 5.56. The lowest BCUT2D eigenvalue weighted by atomic mass is 10.1. The highest BCUT2D eigenvalue weighted by Gasteiger charge is 2.35. The third kappa shape index (κ3) is 4.13. The highest BCUT2D eigenvalue weighted by Crippen LogP contribution is 2.37. The van der Waals surface area contributed by atoms with E-state index >= 15 is 0 Å². The number of nitrogens with two attached hydrogens (primary N) is 1. The molecule has 1 aromatic rings. The molecule has 0 aliphatic rings. The van der Waals surface area contributed by atoms with Gasteiger partial charge >= 0.3 is 6.18 Å². The van der Waals surface area contributed by atoms with Crippen LogP contribution < -0.4 is 15.8 Å². The van der Waals surface area contributed by atoms with Crippen molar-refractivity contribution in [2.24, 2.45) is 5.73 Å². The Morgan fingerprint density at radius 1 is 1.47 bits per heavy atom. The van der Waals surface area contributed by atoms with Gasteiger partial charge in [0.25, 0.3) is 5.91 Å². The SMILES string of the molecule is CNCc1ccc(OC(C)C(N)=O)c(C(F)(F)F)c1. The van der Waals surface area contributed by atoms with Crippen LogP contribution in [0.25, 0.3) is 0 Å². The number of primary amides is 1. The second-order valence-electron chi connectivity index (χ2n) is 4.02. The third-order valence-corrected chi connectivity index (χ3v) is 2.43. The van der Waals surface area contributed by atoms with Crippen LogP contribution in [0.2, 0.25) is 0 Å². The third-order valence-electron chi connectivity index (χ3n) is 2.43. The summed E-state index contributed by atoms with van der Waals surface area (Å²) >= 11 is 0. The van der Waals surface area contributed by atoms with Gasteiger partial charge in [-0.05, 0) is 31.7 Å². The van der Waals surface area contributed by atoms with E-state index in [1.165, 1.54) is 19.1 Å². The highest BCUT2D eigenvalue weighted by molar-refractivity contribution is 5.78. The summed E-state index contributed by atoms with van der Waals surface area (Å²) in [5.74, 6) is -1.23. The Labute approximate surface area is 108 Å². The fourth-order valence-corrected chi connectivity index (χ4v) is 1.46. The molecule has 1 atom stereocenters. The highest BCUT2D eigenvalue weighted by atomic mass is 19.4. The topological polar surface area (TPSA) is 64.3 Å². The zero-order chi connectivity index (χ0) is 14.6. The van der Waals surface area contributed by atoms with Gasteiger partial charge in [0, 0.05) is 6.54 Å². The van der Waals surface area contributed by atoms with Crippen molar-refractivity contribution in [3.63, 3.8) is 0 Å². The van der Waals surface area contributed by atoms with Crippen molar-refractivity contribution >= 4 is 5.91 Å². The van der Waals surface area contributed by atoms with E-state index in [-0.39, 0.29) is 0 Å². The molecule has 0 heterocycles. The van der Waals surface area contributed by atoms with Gasteiger partial charge < -0.3 is 15.8 Å². The molecule has 1 aromatic carbocycles. The van der Waals surface area contributed by atoms with Crippen molar-refractivity contribution < 1.29 is 22.7 Å². The molecule has 7 heteroatoms. The molecule has 0 aliphatic carbocycles. The van der Waals surface area contributed by atoms with Gasteiger partial charge in [-0.25, -0.2) is 0 Å². The minimum atomic E-state index is -4.56. The van der Waals surface area contributed by atoms with Crippen molar-refractivity contribution in [2.45, 2.75) is 25.7 Å². The molecule has 0 aromatic heterocycles. The van der Waals surface area contributed by atoms with Gasteiger partial charge in [-0.2, -0.15) is 13.2 Å². The number of carbonyl (C=O) groups excluding carboxylic acids is 1. The number of halogens is 3. The molecule has 4 nitrogen and oxygen atoms in total. The largest absolute Gasteiger partial charge is 0.480 e. The predicted octanol–water partition coefficient (Wildman–Crippen LogP) is 1.68. The first kappa shape index (κ1) is 15.3. The lowest BCUT2D eigenvalue weighted by Crippen LogP contribution is -2.31. The molecule has 0 fully saturated rings. The van der Waals surface area contributed by atoms with Gasteiger partial charge in [-0.3, -0.25) is 4.79 Å². The first-order chi connectivity index (χ1) is 8.75. The zero-order valence-corrected chi connectivity index (χ0v) is 10.5. The number of amides is 1. The van der Waals surface area contributed by atoms with E-state index in [1.54, 1.807) is 7.05 Å². The van der Waals surface area contributed by atoms with Crippen LogP contribution in [0, 0.1) is 0 Å². The molecule has 0 saturated heterocycles. The molecule has 1 rings (SSSR count). The standard InChI is InChI=1S/C12H15F3N2O2/c1-7(11(16)18)19-10-4-3-8(6-17-2)5-9(10)12(13,14)15/h3-5,7,17H,6H2,1-2H3,(H2,16,18). The van der Waals surface area contributed by atoms with Gasteiger partial charge in [0.2, 0.25) is 0 Å². The van der Waals surface area contributed by atoms with Crippen LogP contribution in [0.1, 0.15) is 18.1 Å². The average molecular weight is 276 g/mol. The maximum atomic E-state index is 12.9. The minimum absolute atomic E-state index is 0.300. The van der Waals surface area contributed by atoms with Crippen molar-refractivity contribution in [2.75, 3.05) is 7.05 Å². The number of ether oxygens (including phenoxy) is 1. The summed E-state index contributed by atoms with van der Waals surface area (Å²) < 4.78 is 43.7. The van der Waals surface area contributed by atoms with Crippen LogP contribution in [0.5, 0.6) is 5.75 Å². The Balaban J connectivity index is 3.13. The lowest BCUT2D eigenvalue weighted by molar-refractivity contribution is -0.140. The van der Waals surface area contributed by atoms with Crippen molar-refractivity contribution in [1.29, 1.82) is 0 Å². The van der Waals surface area contributed by atoms with Gasteiger partial charge in [0.05, 0.1) is 5.56 Å². The van der Waals surface area contributed by atoms with Crippen LogP contribution in [-0.4, -0.2) is 19.1 Å². The van der Waals surface area contributed by atoms with Crippen LogP contribution in [0.15, 0.2) is 18.2 Å². The first-order valence-corrected chi connectivity index (χ1v) is 5.56. The van der Waals surface area contributed by atoms with E-state index < -0.39 is 29.5 Å². The molecular formula is C12H15F3N2O2. The second-order valence-corrected chi connectivity index (χ2v) is 4.02. The number of carbonyl (C=O) groups is 1. The number of alkyl halides is 3. The molecule has 1 amide bonds. The number of hydrogen-bond donors (Lipinski definition) is 2. The van der Waals surface area contributed by atoms with Crippen molar-refractivity contribution in [3.8, 4) is 5.75 Å². The summed E-state index contributed by atoms with van der Waals surface area (Å²) in [7, 11) is 1.63. The molecule has 0 aliphatic heterocycles. The smallest absolute Gasteiger partial charge is 0.419 e. The Hall–Kier alpha value is -1.76. The van der Waals surface area contributed by atoms with Crippen LogP contribution in [-0.2, 0) is 17.5 Å². The summed E-state index contributed by atoms with van der Waals surface area (Å²) in [4.78, 5) is 10.8. The van der Waals surface area contributed by atoms with Crippen LogP contribution in [0.4, 0.5) is 13.2 Å². The molecule has 106 valence electrons. The maximum absolute atomic E-state index is 12.9. The van der Waals surface area contributed by atoms with Crippen LogP contribution >= 0.6 is 0 Å². The Bertz CT molecular complexity index is 461. The monoisotopic (exact) mass is 276 g/mol. The van der Waals surface area contributed by atoms with Crippen molar-refractivity contribution in [3.05, 3.63) is 29.3 Å². The molecule has 0 bridgehead atoms. The summed E-state index contributed by atoms with van der Waals surface area (Å²) in [6, 6.07) is 3.67. The second kappa shape index (κ2) is 5.92. The zero-order valence-electron chi connectivity index (χ0n) is 10.5. The maximum Gasteiger partial charge on any atom is 0.419 e. The molecule has 3 N–H and O–H groups in total. The number of hydrogen-bond acceptors (Lipinski definition) is 3. The fraction of sp³-hybridized carbons (Fsp3) is 0.417. The fourth-order valence-electron chi connectivity index (χ4n) is 1.46. The normalized spacial score (nSPS) is 13.1. The molecule has 1 unspecified atom stereocenters. The summed E-state index contributed by atoms with van der Waals surface area (Å²) in [6.07, 6.45) is -5.69. The number of benzene rings is 1. The van der Waals surface area contributed by atoms with E-state index in [1.807, 2.05) is 0 Å². The van der Waals surface area contributed by atoms with E-state index in [4.69, 9.17) is 10.5 Å². The van der Waals surface area contributed by atoms with Gasteiger partial charge in [-0.15, -0.1) is 0 Å². The van der Waals surface area contributed by atoms with Gasteiger partial charge in [0.15, 0.2) is 6.10 Å². The summed E-state index contributed by atoms with van der Waals surface area (Å²) in [5, 5.41) is 2.76. The summed E-state index contributed by atoms with van der Waals surface area (Å²) in [5.41, 5.74) is 4.51. The van der Waals surface area contributed by atoms with Gasteiger partial charge in [0.1, 0.15) is 5.75 Å². The van der Waals surface area contributed by atoms with Gasteiger partial charge in [-0.1, -0.05) is 6.07 Å². The van der Waals surface area contributed by atoms with Crippen LogP contribution in [0.3, 0.4) is 0 Å². The summed E-state index contributed by atoms with van der Waals surface area (Å²) in [6.45, 7) is 1.60. The van der Waals surface area contributed by atoms with Crippen molar-refractivity contribution in [1.82, 2.24) is 5.32 Å². The number of nitrogens with one attached hydrogen (secondary N) is 1. The number of rotatable bonds is 5. The predicted molar refractivity (Wildman–Crippen MR) is 63.5 cm³/mol. The molecule has 19 heavy (non-hydrogen) atoms. The van der Waals surface area contributed by atoms with E-state index in [0.717, 1.165) is 6.07 Å². The van der Waals surface area contributed by atoms with E-state index in [2.05, 4.69) is 5.32 Å². The molecule has 0 spiro atoms.